The molecule has 360 valence electrons. The van der Waals surface area contributed by atoms with Crippen LogP contribution in [0.5, 0.6) is 51.7 Å². The highest BCUT2D eigenvalue weighted by Gasteiger charge is 2.39. The van der Waals surface area contributed by atoms with Gasteiger partial charge in [0.1, 0.15) is 51.7 Å². The summed E-state index contributed by atoms with van der Waals surface area (Å²) in [6.45, 7) is 17.5. The van der Waals surface area contributed by atoms with Crippen LogP contribution in [0.25, 0.3) is 5.57 Å². The summed E-state index contributed by atoms with van der Waals surface area (Å²) in [5.74, 6) is 0.473. The summed E-state index contributed by atoms with van der Waals surface area (Å²) in [6.07, 6.45) is 3.16. The Bertz CT molecular complexity index is 2770. The fourth-order valence-corrected chi connectivity index (χ4v) is 10.2. The lowest BCUT2D eigenvalue weighted by atomic mass is 9.63. The quantitative estimate of drug-likeness (QED) is 0.0455. The van der Waals surface area contributed by atoms with E-state index in [0.29, 0.717) is 18.4 Å². The number of allylic oxidation sites excluding steroid dienone is 1. The summed E-state index contributed by atoms with van der Waals surface area (Å²) < 4.78 is 0. The molecule has 9 nitrogen and oxygen atoms in total. The SMILES string of the molecule is C=C(CC(C)(CC(C)(C)c1ccc(O)cc1)c1ccc(O)cc1)c1ccc(O)cc1.CC(C)(CC(C)(CC(Cc1c(O)cc(O)cc1O)c1ccc(O)cc1)c1ccc(O)cc1)c1ccc(O)cc1. The second-order valence-corrected chi connectivity index (χ2v) is 20.4. The van der Waals surface area contributed by atoms with Crippen LogP contribution in [0.4, 0.5) is 0 Å². The van der Waals surface area contributed by atoms with Crippen molar-refractivity contribution in [2.75, 3.05) is 0 Å². The predicted octanol–water partition coefficient (Wildman–Crippen LogP) is 13.5. The number of hydrogen-bond acceptors (Lipinski definition) is 9. The average molecular weight is 931 g/mol. The molecule has 7 rings (SSSR count). The molecule has 0 bridgehead atoms. The van der Waals surface area contributed by atoms with Crippen LogP contribution in [-0.4, -0.2) is 46.0 Å². The highest BCUT2D eigenvalue weighted by Crippen LogP contribution is 2.48. The number of rotatable bonds is 16. The van der Waals surface area contributed by atoms with Gasteiger partial charge < -0.3 is 46.0 Å². The van der Waals surface area contributed by atoms with E-state index in [9.17, 15) is 46.0 Å². The minimum Gasteiger partial charge on any atom is -0.508 e. The fourth-order valence-electron chi connectivity index (χ4n) is 10.2. The summed E-state index contributed by atoms with van der Waals surface area (Å²) in [6, 6.07) is 45.7. The van der Waals surface area contributed by atoms with Crippen LogP contribution in [0.1, 0.15) is 112 Å². The number of phenolic OH excluding ortho intramolecular Hbond substituents is 9. The van der Waals surface area contributed by atoms with Crippen molar-refractivity contribution in [2.45, 2.75) is 101 Å². The van der Waals surface area contributed by atoms with Crippen LogP contribution in [0.15, 0.2) is 164 Å². The van der Waals surface area contributed by atoms with Crippen LogP contribution in [0, 0.1) is 0 Å². The maximum Gasteiger partial charge on any atom is 0.126 e. The van der Waals surface area contributed by atoms with Gasteiger partial charge in [-0.25, -0.2) is 0 Å². The summed E-state index contributed by atoms with van der Waals surface area (Å²) in [7, 11) is 0. The van der Waals surface area contributed by atoms with Gasteiger partial charge in [-0.05, 0) is 171 Å². The van der Waals surface area contributed by atoms with Gasteiger partial charge in [0.15, 0.2) is 0 Å². The number of benzene rings is 7. The molecule has 0 aliphatic rings. The third kappa shape index (κ3) is 12.9. The van der Waals surface area contributed by atoms with Crippen LogP contribution in [0.2, 0.25) is 0 Å². The van der Waals surface area contributed by atoms with E-state index in [-0.39, 0.29) is 80.3 Å². The molecule has 9 heteroatoms. The molecular formula is C60H66O9. The summed E-state index contributed by atoms with van der Waals surface area (Å²) in [5.41, 5.74) is 6.47. The first-order chi connectivity index (χ1) is 32.4. The summed E-state index contributed by atoms with van der Waals surface area (Å²) in [5, 5.41) is 89.9. The average Bonchev–Trinajstić information content (AvgIpc) is 3.28. The van der Waals surface area contributed by atoms with E-state index in [0.717, 1.165) is 51.8 Å². The summed E-state index contributed by atoms with van der Waals surface area (Å²) in [4.78, 5) is 0. The number of phenols is 9. The van der Waals surface area contributed by atoms with Gasteiger partial charge in [0, 0.05) is 17.7 Å². The van der Waals surface area contributed by atoms with E-state index < -0.39 is 5.41 Å². The standard InChI is InChI=1S/C33H36O6.C27H30O3/c1-32(2,23-6-12-26(35)13-7-23)20-33(3,24-8-14-27(36)15-9-24)19-22(21-4-10-25(34)11-5-21)16-29-30(38)17-28(37)18-31(29)39;1-19(20-5-11-23(28)12-6-20)17-27(4,22-9-15-25(30)16-10-22)18-26(2,3)21-7-13-24(29)14-8-21/h4-15,17-18,22,34-39H,16,19-20H2,1-3H3;5-16,28-30H,1,17-18H2,2-4H3. The zero-order valence-electron chi connectivity index (χ0n) is 40.4. The topological polar surface area (TPSA) is 182 Å². The summed E-state index contributed by atoms with van der Waals surface area (Å²) >= 11 is 0. The zero-order valence-corrected chi connectivity index (χ0v) is 40.4. The van der Waals surface area contributed by atoms with Crippen molar-refractivity contribution in [3.8, 4) is 51.7 Å². The first kappa shape index (κ1) is 50.9. The molecule has 3 atom stereocenters. The highest BCUT2D eigenvalue weighted by atomic mass is 16.3. The van der Waals surface area contributed by atoms with Crippen LogP contribution < -0.4 is 0 Å². The number of aromatic hydroxyl groups is 9. The maximum atomic E-state index is 10.6. The van der Waals surface area contributed by atoms with Gasteiger partial charge in [0.05, 0.1) is 0 Å². The fraction of sp³-hybridized carbons (Fsp3) is 0.267. The zero-order chi connectivity index (χ0) is 50.3. The minimum absolute atomic E-state index is 0.141. The Labute approximate surface area is 406 Å². The molecule has 69 heavy (non-hydrogen) atoms. The van der Waals surface area contributed by atoms with Crippen molar-refractivity contribution >= 4 is 5.57 Å². The highest BCUT2D eigenvalue weighted by molar-refractivity contribution is 5.65. The molecule has 7 aromatic rings. The van der Waals surface area contributed by atoms with Gasteiger partial charge in [-0.15, -0.1) is 0 Å². The van der Waals surface area contributed by atoms with E-state index in [1.54, 1.807) is 72.8 Å². The largest absolute Gasteiger partial charge is 0.508 e. The molecular weight excluding hydrogens is 865 g/mol. The lowest BCUT2D eigenvalue weighted by Crippen LogP contribution is -2.34. The Kier molecular flexibility index (Phi) is 15.3. The molecule has 0 saturated carbocycles. The first-order valence-corrected chi connectivity index (χ1v) is 23.1. The van der Waals surface area contributed by atoms with Crippen molar-refractivity contribution in [2.24, 2.45) is 0 Å². The number of hydrogen-bond donors (Lipinski definition) is 9. The van der Waals surface area contributed by atoms with Gasteiger partial charge >= 0.3 is 0 Å². The van der Waals surface area contributed by atoms with Crippen molar-refractivity contribution in [3.05, 3.63) is 203 Å². The van der Waals surface area contributed by atoms with E-state index in [1.165, 1.54) is 12.1 Å². The monoisotopic (exact) mass is 930 g/mol. The Hall–Kier alpha value is -7.52. The molecule has 3 unspecified atom stereocenters. The molecule has 9 N–H and O–H groups in total. The Morgan fingerprint density at radius 2 is 0.725 bits per heavy atom. The predicted molar refractivity (Wildman–Crippen MR) is 275 cm³/mol. The molecule has 0 saturated heterocycles. The Balaban J connectivity index is 0.000000235. The molecule has 7 aromatic carbocycles. The minimum atomic E-state index is -0.445. The lowest BCUT2D eigenvalue weighted by molar-refractivity contribution is 0.286. The second kappa shape index (κ2) is 20.8. The third-order valence-corrected chi connectivity index (χ3v) is 13.7. The van der Waals surface area contributed by atoms with Gasteiger partial charge in [0.25, 0.3) is 0 Å². The Morgan fingerprint density at radius 1 is 0.406 bits per heavy atom. The van der Waals surface area contributed by atoms with Gasteiger partial charge in [-0.2, -0.15) is 0 Å². The van der Waals surface area contributed by atoms with Crippen LogP contribution in [-0.2, 0) is 28.1 Å². The van der Waals surface area contributed by atoms with Crippen molar-refractivity contribution in [3.63, 3.8) is 0 Å². The van der Waals surface area contributed by atoms with Crippen LogP contribution >= 0.6 is 0 Å². The van der Waals surface area contributed by atoms with E-state index >= 15 is 0 Å². The molecule has 0 radical (unpaired) electrons. The Morgan fingerprint density at radius 3 is 1.12 bits per heavy atom. The van der Waals surface area contributed by atoms with Gasteiger partial charge in [0.2, 0.25) is 0 Å². The molecule has 0 aliphatic heterocycles. The smallest absolute Gasteiger partial charge is 0.126 e. The molecule has 0 heterocycles. The molecule has 0 spiro atoms. The van der Waals surface area contributed by atoms with Crippen molar-refractivity contribution in [1.82, 2.24) is 0 Å². The van der Waals surface area contributed by atoms with Crippen LogP contribution in [0.3, 0.4) is 0 Å². The van der Waals surface area contributed by atoms with Gasteiger partial charge in [-0.1, -0.05) is 121 Å². The van der Waals surface area contributed by atoms with Gasteiger partial charge in [-0.3, -0.25) is 0 Å². The van der Waals surface area contributed by atoms with E-state index in [2.05, 4.69) is 48.1 Å². The third-order valence-electron chi connectivity index (χ3n) is 13.7. The van der Waals surface area contributed by atoms with E-state index in [1.807, 2.05) is 72.8 Å². The molecule has 0 fully saturated rings. The second-order valence-electron chi connectivity index (χ2n) is 20.4. The maximum absolute atomic E-state index is 10.6. The lowest BCUT2D eigenvalue weighted by Gasteiger charge is -2.41. The molecule has 0 amide bonds. The normalized spacial score (nSPS) is 13.8. The van der Waals surface area contributed by atoms with E-state index in [4.69, 9.17) is 0 Å². The first-order valence-electron chi connectivity index (χ1n) is 23.1. The van der Waals surface area contributed by atoms with Crippen molar-refractivity contribution in [1.29, 1.82) is 0 Å². The van der Waals surface area contributed by atoms with Crippen molar-refractivity contribution < 1.29 is 46.0 Å². The molecule has 0 aliphatic carbocycles. The molecule has 0 aromatic heterocycles.